The maximum Gasteiger partial charge on any atom is 0.129 e. The predicted octanol–water partition coefficient (Wildman–Crippen LogP) is 3.38. The average molecular weight is 307 g/mol. The second-order valence-electron chi connectivity index (χ2n) is 7.37. The standard InChI is InChI=1S/C20H25N3/c1-20(2)9-8-15-6-7-16(14-17(15)20)18-4-3-5-19(22-18)23-12-10-21-11-13-23/h3-7,14,21H,8-13H2,1-2H3. The number of rotatable bonds is 2. The number of nitrogens with one attached hydrogen (secondary N) is 1. The smallest absolute Gasteiger partial charge is 0.129 e. The fourth-order valence-corrected chi connectivity index (χ4v) is 3.82. The maximum absolute atomic E-state index is 4.94. The maximum atomic E-state index is 4.94. The Morgan fingerprint density at radius 3 is 2.74 bits per heavy atom. The van der Waals surface area contributed by atoms with Crippen molar-refractivity contribution in [1.29, 1.82) is 0 Å². The summed E-state index contributed by atoms with van der Waals surface area (Å²) < 4.78 is 0. The van der Waals surface area contributed by atoms with Crippen molar-refractivity contribution in [2.24, 2.45) is 0 Å². The van der Waals surface area contributed by atoms with Crippen LogP contribution in [0.4, 0.5) is 5.82 Å². The second kappa shape index (κ2) is 5.64. The van der Waals surface area contributed by atoms with E-state index in [2.05, 4.69) is 60.5 Å². The lowest BCUT2D eigenvalue weighted by molar-refractivity contribution is 0.522. The van der Waals surface area contributed by atoms with Crippen molar-refractivity contribution in [2.75, 3.05) is 31.1 Å². The van der Waals surface area contributed by atoms with Crippen LogP contribution in [0.1, 0.15) is 31.4 Å². The highest BCUT2D eigenvalue weighted by Gasteiger charge is 2.29. The zero-order valence-electron chi connectivity index (χ0n) is 14.1. The molecule has 1 aliphatic heterocycles. The molecular weight excluding hydrogens is 282 g/mol. The number of aryl methyl sites for hydroxylation is 1. The number of anilines is 1. The van der Waals surface area contributed by atoms with Gasteiger partial charge in [-0.2, -0.15) is 0 Å². The summed E-state index contributed by atoms with van der Waals surface area (Å²) in [6.07, 6.45) is 2.46. The van der Waals surface area contributed by atoms with Crippen molar-refractivity contribution in [1.82, 2.24) is 10.3 Å². The van der Waals surface area contributed by atoms with Crippen LogP contribution in [-0.2, 0) is 11.8 Å². The van der Waals surface area contributed by atoms with Gasteiger partial charge in [0, 0.05) is 31.7 Å². The van der Waals surface area contributed by atoms with Gasteiger partial charge in [0.15, 0.2) is 0 Å². The van der Waals surface area contributed by atoms with Gasteiger partial charge in [-0.25, -0.2) is 4.98 Å². The summed E-state index contributed by atoms with van der Waals surface area (Å²) in [7, 11) is 0. The van der Waals surface area contributed by atoms with Crippen LogP contribution >= 0.6 is 0 Å². The van der Waals surface area contributed by atoms with E-state index in [9.17, 15) is 0 Å². The Balaban J connectivity index is 1.68. The fraction of sp³-hybridized carbons (Fsp3) is 0.450. The van der Waals surface area contributed by atoms with E-state index in [1.807, 2.05) is 0 Å². The lowest BCUT2D eigenvalue weighted by atomic mass is 9.85. The van der Waals surface area contributed by atoms with E-state index in [0.29, 0.717) is 5.41 Å². The summed E-state index contributed by atoms with van der Waals surface area (Å²) in [5, 5.41) is 3.40. The van der Waals surface area contributed by atoms with Gasteiger partial charge in [-0.1, -0.05) is 32.0 Å². The van der Waals surface area contributed by atoms with Gasteiger partial charge in [0.05, 0.1) is 5.69 Å². The van der Waals surface area contributed by atoms with Crippen LogP contribution in [0.25, 0.3) is 11.3 Å². The van der Waals surface area contributed by atoms with Gasteiger partial charge in [0.25, 0.3) is 0 Å². The molecule has 1 fully saturated rings. The van der Waals surface area contributed by atoms with Crippen LogP contribution in [0.2, 0.25) is 0 Å². The molecule has 1 aromatic heterocycles. The zero-order chi connectivity index (χ0) is 15.9. The first-order valence-electron chi connectivity index (χ1n) is 8.70. The van der Waals surface area contributed by atoms with E-state index < -0.39 is 0 Å². The summed E-state index contributed by atoms with van der Waals surface area (Å²) in [5.41, 5.74) is 5.64. The van der Waals surface area contributed by atoms with Gasteiger partial charge in [-0.15, -0.1) is 0 Å². The molecule has 0 unspecified atom stereocenters. The Bertz CT molecular complexity index is 715. The number of aromatic nitrogens is 1. The topological polar surface area (TPSA) is 28.2 Å². The molecule has 1 N–H and O–H groups in total. The lowest BCUT2D eigenvalue weighted by Gasteiger charge is -2.28. The van der Waals surface area contributed by atoms with E-state index in [4.69, 9.17) is 4.98 Å². The summed E-state index contributed by atoms with van der Waals surface area (Å²) in [4.78, 5) is 7.31. The molecule has 0 amide bonds. The molecular formula is C20H25N3. The van der Waals surface area contributed by atoms with Crippen LogP contribution in [0, 0.1) is 0 Å². The molecule has 3 heteroatoms. The molecule has 2 heterocycles. The number of piperazine rings is 1. The van der Waals surface area contributed by atoms with E-state index in [1.165, 1.54) is 29.5 Å². The monoisotopic (exact) mass is 307 g/mol. The Hall–Kier alpha value is -1.87. The van der Waals surface area contributed by atoms with Gasteiger partial charge in [0.2, 0.25) is 0 Å². The molecule has 0 atom stereocenters. The summed E-state index contributed by atoms with van der Waals surface area (Å²) in [6, 6.07) is 13.3. The molecule has 3 nitrogen and oxygen atoms in total. The minimum atomic E-state index is 0.293. The minimum absolute atomic E-state index is 0.293. The summed E-state index contributed by atoms with van der Waals surface area (Å²) in [5.74, 6) is 1.10. The average Bonchev–Trinajstić information content (AvgIpc) is 2.91. The largest absolute Gasteiger partial charge is 0.354 e. The van der Waals surface area contributed by atoms with Crippen LogP contribution in [0.15, 0.2) is 36.4 Å². The van der Waals surface area contributed by atoms with Gasteiger partial charge in [0.1, 0.15) is 5.82 Å². The van der Waals surface area contributed by atoms with E-state index in [1.54, 1.807) is 0 Å². The highest BCUT2D eigenvalue weighted by atomic mass is 15.2. The summed E-state index contributed by atoms with van der Waals surface area (Å²) >= 11 is 0. The number of pyridine rings is 1. The SMILES string of the molecule is CC1(C)CCc2ccc(-c3cccc(N4CCNCC4)n3)cc21. The fourth-order valence-electron chi connectivity index (χ4n) is 3.82. The van der Waals surface area contributed by atoms with Crippen molar-refractivity contribution < 1.29 is 0 Å². The molecule has 2 aliphatic rings. The number of hydrogen-bond donors (Lipinski definition) is 1. The number of benzene rings is 1. The third kappa shape index (κ3) is 2.74. The van der Waals surface area contributed by atoms with Crippen molar-refractivity contribution in [2.45, 2.75) is 32.1 Å². The Labute approximate surface area is 138 Å². The summed E-state index contributed by atoms with van der Waals surface area (Å²) in [6.45, 7) is 8.86. The third-order valence-corrected chi connectivity index (χ3v) is 5.33. The van der Waals surface area contributed by atoms with Gasteiger partial charge in [-0.3, -0.25) is 0 Å². The molecule has 2 aromatic rings. The molecule has 0 saturated carbocycles. The van der Waals surface area contributed by atoms with Gasteiger partial charge >= 0.3 is 0 Å². The van der Waals surface area contributed by atoms with Crippen LogP contribution in [0.5, 0.6) is 0 Å². The van der Waals surface area contributed by atoms with Crippen LogP contribution in [0.3, 0.4) is 0 Å². The molecule has 1 aliphatic carbocycles. The Morgan fingerprint density at radius 1 is 1.09 bits per heavy atom. The predicted molar refractivity (Wildman–Crippen MR) is 96.1 cm³/mol. The lowest BCUT2D eigenvalue weighted by Crippen LogP contribution is -2.43. The highest BCUT2D eigenvalue weighted by Crippen LogP contribution is 2.40. The molecule has 0 bridgehead atoms. The molecule has 0 radical (unpaired) electrons. The normalized spacial score (nSPS) is 19.7. The second-order valence-corrected chi connectivity index (χ2v) is 7.37. The van der Waals surface area contributed by atoms with Crippen molar-refractivity contribution in [3.8, 4) is 11.3 Å². The Kier molecular flexibility index (Phi) is 3.61. The number of nitrogens with zero attached hydrogens (tertiary/aromatic N) is 2. The number of fused-ring (bicyclic) bond motifs is 1. The quantitative estimate of drug-likeness (QED) is 0.922. The van der Waals surface area contributed by atoms with Crippen LogP contribution < -0.4 is 10.2 Å². The molecule has 120 valence electrons. The first-order chi connectivity index (χ1) is 11.1. The minimum Gasteiger partial charge on any atom is -0.354 e. The zero-order valence-corrected chi connectivity index (χ0v) is 14.1. The van der Waals surface area contributed by atoms with Crippen LogP contribution in [-0.4, -0.2) is 31.2 Å². The van der Waals surface area contributed by atoms with Crippen molar-refractivity contribution in [3.63, 3.8) is 0 Å². The molecule has 23 heavy (non-hydrogen) atoms. The molecule has 0 spiro atoms. The first-order valence-corrected chi connectivity index (χ1v) is 8.70. The van der Waals surface area contributed by atoms with Gasteiger partial charge in [-0.05, 0) is 47.6 Å². The third-order valence-electron chi connectivity index (χ3n) is 5.33. The number of hydrogen-bond acceptors (Lipinski definition) is 3. The van der Waals surface area contributed by atoms with Crippen molar-refractivity contribution in [3.05, 3.63) is 47.5 Å². The molecule has 1 aromatic carbocycles. The molecule has 4 rings (SSSR count). The van der Waals surface area contributed by atoms with E-state index in [0.717, 1.165) is 37.7 Å². The van der Waals surface area contributed by atoms with E-state index in [-0.39, 0.29) is 0 Å². The van der Waals surface area contributed by atoms with Crippen molar-refractivity contribution >= 4 is 5.82 Å². The first kappa shape index (κ1) is 14.7. The van der Waals surface area contributed by atoms with Gasteiger partial charge < -0.3 is 10.2 Å². The highest BCUT2D eigenvalue weighted by molar-refractivity contribution is 5.64. The van der Waals surface area contributed by atoms with E-state index >= 15 is 0 Å². The molecule has 1 saturated heterocycles. The Morgan fingerprint density at radius 2 is 1.91 bits per heavy atom.